The third-order valence-corrected chi connectivity index (χ3v) is 4.18. The van der Waals surface area contributed by atoms with Gasteiger partial charge in [0.2, 0.25) is 5.56 Å². The van der Waals surface area contributed by atoms with Crippen LogP contribution in [0.1, 0.15) is 22.1 Å². The van der Waals surface area contributed by atoms with Gasteiger partial charge in [-0.05, 0) is 30.3 Å². The van der Waals surface area contributed by atoms with Crippen molar-refractivity contribution in [2.45, 2.75) is 6.04 Å². The van der Waals surface area contributed by atoms with Gasteiger partial charge in [-0.25, -0.2) is 4.39 Å². The third kappa shape index (κ3) is 3.48. The fourth-order valence-electron chi connectivity index (χ4n) is 2.87. The number of pyridine rings is 2. The average Bonchev–Trinajstić information content (AvgIpc) is 2.64. The van der Waals surface area contributed by atoms with Crippen LogP contribution in [0.4, 0.5) is 4.39 Å². The molecule has 2 aromatic heterocycles. The molecule has 1 aromatic carbocycles. The highest BCUT2D eigenvalue weighted by Gasteiger charge is 2.25. The van der Waals surface area contributed by atoms with Crippen LogP contribution >= 0.6 is 0 Å². The molecule has 134 valence electrons. The normalized spacial score (nSPS) is 12.1. The molecule has 0 fully saturated rings. The first-order valence-corrected chi connectivity index (χ1v) is 8.01. The first kappa shape index (κ1) is 17.8. The number of ether oxygens (including phenoxy) is 1. The molecule has 3 rings (SSSR count). The molecular formula is C19H18FN3O3. The summed E-state index contributed by atoms with van der Waals surface area (Å²) in [6.07, 6.45) is 1.64. The van der Waals surface area contributed by atoms with Crippen LogP contribution < -0.4 is 5.56 Å². The van der Waals surface area contributed by atoms with Crippen molar-refractivity contribution in [1.29, 1.82) is 0 Å². The number of fused-ring (bicyclic) bond motifs is 1. The van der Waals surface area contributed by atoms with Crippen molar-refractivity contribution in [2.24, 2.45) is 0 Å². The number of hydrogen-bond donors (Lipinski definition) is 1. The Hall–Kier alpha value is -3.06. The quantitative estimate of drug-likeness (QED) is 0.763. The first-order valence-electron chi connectivity index (χ1n) is 8.01. The summed E-state index contributed by atoms with van der Waals surface area (Å²) in [5, 5.41) is 0.472. The highest BCUT2D eigenvalue weighted by Crippen LogP contribution is 2.23. The van der Waals surface area contributed by atoms with E-state index in [2.05, 4.69) is 9.97 Å². The van der Waals surface area contributed by atoms with Crippen LogP contribution in [0.5, 0.6) is 0 Å². The molecule has 0 saturated heterocycles. The molecule has 1 unspecified atom stereocenters. The molecule has 0 aliphatic carbocycles. The molecular weight excluding hydrogens is 337 g/mol. The van der Waals surface area contributed by atoms with Crippen LogP contribution in [-0.4, -0.2) is 41.5 Å². The van der Waals surface area contributed by atoms with E-state index < -0.39 is 17.4 Å². The summed E-state index contributed by atoms with van der Waals surface area (Å²) >= 11 is 0. The second-order valence-corrected chi connectivity index (χ2v) is 5.88. The number of H-pyrrole nitrogens is 1. The number of halogens is 1. The molecule has 0 saturated carbocycles. The summed E-state index contributed by atoms with van der Waals surface area (Å²) in [6, 6.07) is 10.1. The topological polar surface area (TPSA) is 75.3 Å². The van der Waals surface area contributed by atoms with Crippen LogP contribution in [0.25, 0.3) is 10.9 Å². The van der Waals surface area contributed by atoms with Crippen molar-refractivity contribution in [2.75, 3.05) is 20.8 Å². The Kier molecular flexibility index (Phi) is 5.09. The zero-order chi connectivity index (χ0) is 18.7. The van der Waals surface area contributed by atoms with E-state index >= 15 is 0 Å². The van der Waals surface area contributed by atoms with Crippen LogP contribution in [0.15, 0.2) is 53.5 Å². The molecule has 6 nitrogen and oxygen atoms in total. The van der Waals surface area contributed by atoms with Gasteiger partial charge in [0.15, 0.2) is 0 Å². The van der Waals surface area contributed by atoms with E-state index in [1.54, 1.807) is 32.5 Å². The van der Waals surface area contributed by atoms with E-state index in [1.807, 2.05) is 6.07 Å². The van der Waals surface area contributed by atoms with Crippen LogP contribution in [0.2, 0.25) is 0 Å². The molecule has 3 aromatic rings. The summed E-state index contributed by atoms with van der Waals surface area (Å²) in [5.41, 5.74) is 0.671. The maximum atomic E-state index is 13.5. The monoisotopic (exact) mass is 355 g/mol. The maximum absolute atomic E-state index is 13.5. The van der Waals surface area contributed by atoms with Crippen molar-refractivity contribution in [3.8, 4) is 0 Å². The molecule has 1 N–H and O–H groups in total. The Labute approximate surface area is 149 Å². The minimum atomic E-state index is -0.489. The van der Waals surface area contributed by atoms with Gasteiger partial charge >= 0.3 is 0 Å². The van der Waals surface area contributed by atoms with E-state index in [9.17, 15) is 14.0 Å². The number of benzene rings is 1. The zero-order valence-electron chi connectivity index (χ0n) is 14.4. The fourth-order valence-corrected chi connectivity index (χ4v) is 2.87. The van der Waals surface area contributed by atoms with E-state index in [0.717, 1.165) is 0 Å². The SMILES string of the molecule is COCC(c1ccccn1)N(C)C(=O)c1cc(=O)[nH]c2cc(F)ccc12. The molecule has 26 heavy (non-hydrogen) atoms. The van der Waals surface area contributed by atoms with Gasteiger partial charge in [-0.3, -0.25) is 14.6 Å². The number of hydrogen-bond acceptors (Lipinski definition) is 4. The van der Waals surface area contributed by atoms with Gasteiger partial charge in [0.05, 0.1) is 29.4 Å². The van der Waals surface area contributed by atoms with E-state index in [1.165, 1.54) is 29.2 Å². The summed E-state index contributed by atoms with van der Waals surface area (Å²) in [7, 11) is 3.16. The summed E-state index contributed by atoms with van der Waals surface area (Å²) in [5.74, 6) is -0.864. The van der Waals surface area contributed by atoms with Gasteiger partial charge in [0, 0.05) is 31.8 Å². The number of nitrogens with one attached hydrogen (secondary N) is 1. The van der Waals surface area contributed by atoms with E-state index in [0.29, 0.717) is 11.1 Å². The van der Waals surface area contributed by atoms with Crippen molar-refractivity contribution in [1.82, 2.24) is 14.9 Å². The van der Waals surface area contributed by atoms with Crippen LogP contribution in [0.3, 0.4) is 0 Å². The predicted molar refractivity (Wildman–Crippen MR) is 95.5 cm³/mol. The van der Waals surface area contributed by atoms with Crippen molar-refractivity contribution in [3.63, 3.8) is 0 Å². The van der Waals surface area contributed by atoms with E-state index in [4.69, 9.17) is 4.74 Å². The number of rotatable bonds is 5. The summed E-state index contributed by atoms with van der Waals surface area (Å²) in [4.78, 5) is 33.3. The van der Waals surface area contributed by atoms with Crippen LogP contribution in [0, 0.1) is 5.82 Å². The second kappa shape index (κ2) is 7.45. The highest BCUT2D eigenvalue weighted by atomic mass is 19.1. The number of aromatic amines is 1. The van der Waals surface area contributed by atoms with Crippen molar-refractivity contribution >= 4 is 16.8 Å². The molecule has 0 bridgehead atoms. The number of amides is 1. The smallest absolute Gasteiger partial charge is 0.255 e. The number of likely N-dealkylation sites (N-methyl/N-ethyl adjacent to an activating group) is 1. The standard InChI is InChI=1S/C19H18FN3O3/c1-23(17(11-26-2)15-5-3-4-8-21-15)19(25)14-10-18(24)22-16-9-12(20)6-7-13(14)16/h3-10,17H,11H2,1-2H3,(H,22,24). The Balaban J connectivity index is 2.05. The summed E-state index contributed by atoms with van der Waals surface area (Å²) < 4.78 is 18.7. The van der Waals surface area contributed by atoms with Crippen molar-refractivity contribution in [3.05, 3.63) is 76.1 Å². The minimum Gasteiger partial charge on any atom is -0.382 e. The lowest BCUT2D eigenvalue weighted by atomic mass is 10.1. The molecule has 1 amide bonds. The van der Waals surface area contributed by atoms with E-state index in [-0.39, 0.29) is 23.6 Å². The maximum Gasteiger partial charge on any atom is 0.255 e. The highest BCUT2D eigenvalue weighted by molar-refractivity contribution is 6.06. The van der Waals surface area contributed by atoms with Gasteiger partial charge in [-0.1, -0.05) is 6.07 Å². The molecule has 1 atom stereocenters. The third-order valence-electron chi connectivity index (χ3n) is 4.18. The lowest BCUT2D eigenvalue weighted by molar-refractivity contribution is 0.0596. The predicted octanol–water partition coefficient (Wildman–Crippen LogP) is 2.52. The number of carbonyl (C=O) groups is 1. The average molecular weight is 355 g/mol. The number of methoxy groups -OCH3 is 1. The molecule has 0 radical (unpaired) electrons. The van der Waals surface area contributed by atoms with Crippen molar-refractivity contribution < 1.29 is 13.9 Å². The number of nitrogens with zero attached hydrogens (tertiary/aromatic N) is 2. The molecule has 0 aliphatic heterocycles. The lowest BCUT2D eigenvalue weighted by Gasteiger charge is -2.27. The van der Waals surface area contributed by atoms with Gasteiger partial charge < -0.3 is 14.6 Å². The lowest BCUT2D eigenvalue weighted by Crippen LogP contribution is -2.35. The van der Waals surface area contributed by atoms with Gasteiger partial charge in [-0.2, -0.15) is 0 Å². The van der Waals surface area contributed by atoms with Gasteiger partial charge in [-0.15, -0.1) is 0 Å². The van der Waals surface area contributed by atoms with Crippen LogP contribution in [-0.2, 0) is 4.74 Å². The zero-order valence-corrected chi connectivity index (χ0v) is 14.4. The number of carbonyl (C=O) groups excluding carboxylic acids is 1. The molecule has 2 heterocycles. The Bertz CT molecular complexity index is 988. The second-order valence-electron chi connectivity index (χ2n) is 5.88. The molecule has 0 aliphatic rings. The minimum absolute atomic E-state index is 0.197. The molecule has 7 heteroatoms. The van der Waals surface area contributed by atoms with Gasteiger partial charge in [0.25, 0.3) is 5.91 Å². The Morgan fingerprint density at radius 2 is 2.12 bits per heavy atom. The molecule has 0 spiro atoms. The van der Waals surface area contributed by atoms with Gasteiger partial charge in [0.1, 0.15) is 5.82 Å². The number of aromatic nitrogens is 2. The Morgan fingerprint density at radius 3 is 2.81 bits per heavy atom. The largest absolute Gasteiger partial charge is 0.382 e. The Morgan fingerprint density at radius 1 is 1.31 bits per heavy atom. The first-order chi connectivity index (χ1) is 12.5. The summed E-state index contributed by atoms with van der Waals surface area (Å²) in [6.45, 7) is 0.245. The fraction of sp³-hybridized carbons (Fsp3) is 0.211.